The number of allylic oxidation sites excluding steroid dienone is 1. The molecule has 0 aromatic rings. The summed E-state index contributed by atoms with van der Waals surface area (Å²) in [4.78, 5) is 10.5. The molecule has 0 fully saturated rings. The minimum Gasteiger partial charge on any atom is -0.478 e. The van der Waals surface area contributed by atoms with Crippen molar-refractivity contribution in [2.45, 2.75) is 26.7 Å². The highest BCUT2D eigenvalue weighted by molar-refractivity contribution is 5.88. The summed E-state index contributed by atoms with van der Waals surface area (Å²) in [5, 5.41) is 8.64. The molecule has 2 heteroatoms. The number of hydrogen-bond donors (Lipinski definition) is 1. The first-order chi connectivity index (χ1) is 4.63. The predicted octanol–water partition coefficient (Wildman–Crippen LogP) is 1.82. The lowest BCUT2D eigenvalue weighted by molar-refractivity contribution is -0.132. The third-order valence-electron chi connectivity index (χ3n) is 2.30. The van der Waals surface area contributed by atoms with Gasteiger partial charge in [0.05, 0.1) is 0 Å². The van der Waals surface area contributed by atoms with Crippen LogP contribution in [0.4, 0.5) is 0 Å². The van der Waals surface area contributed by atoms with Gasteiger partial charge in [-0.3, -0.25) is 0 Å². The zero-order chi connectivity index (χ0) is 7.72. The van der Waals surface area contributed by atoms with Gasteiger partial charge >= 0.3 is 5.97 Å². The van der Waals surface area contributed by atoms with E-state index in [2.05, 4.69) is 6.92 Å². The number of rotatable bonds is 1. The third-order valence-corrected chi connectivity index (χ3v) is 2.30. The SMILES string of the molecule is CC1=C(C(=O)O)CCC1C. The van der Waals surface area contributed by atoms with Crippen molar-refractivity contribution in [3.05, 3.63) is 11.1 Å². The van der Waals surface area contributed by atoms with Gasteiger partial charge in [0.2, 0.25) is 0 Å². The van der Waals surface area contributed by atoms with Gasteiger partial charge in [-0.15, -0.1) is 0 Å². The second kappa shape index (κ2) is 2.45. The van der Waals surface area contributed by atoms with Gasteiger partial charge in [0, 0.05) is 5.57 Å². The van der Waals surface area contributed by atoms with Crippen LogP contribution in [0.5, 0.6) is 0 Å². The zero-order valence-electron chi connectivity index (χ0n) is 6.35. The molecule has 1 rings (SSSR count). The molecule has 0 aromatic heterocycles. The molecule has 0 spiro atoms. The Labute approximate surface area is 60.6 Å². The van der Waals surface area contributed by atoms with E-state index in [1.807, 2.05) is 6.92 Å². The Kier molecular flexibility index (Phi) is 1.79. The molecule has 0 bridgehead atoms. The van der Waals surface area contributed by atoms with Crippen molar-refractivity contribution in [3.8, 4) is 0 Å². The van der Waals surface area contributed by atoms with Gasteiger partial charge < -0.3 is 5.11 Å². The topological polar surface area (TPSA) is 37.3 Å². The summed E-state index contributed by atoms with van der Waals surface area (Å²) in [7, 11) is 0. The molecule has 0 heterocycles. The summed E-state index contributed by atoms with van der Waals surface area (Å²) in [6.45, 7) is 3.99. The molecule has 2 nitrogen and oxygen atoms in total. The molecule has 1 N–H and O–H groups in total. The summed E-state index contributed by atoms with van der Waals surface area (Å²) >= 11 is 0. The molecule has 0 aliphatic heterocycles. The van der Waals surface area contributed by atoms with E-state index in [9.17, 15) is 4.79 Å². The molecule has 1 unspecified atom stereocenters. The quantitative estimate of drug-likeness (QED) is 0.603. The van der Waals surface area contributed by atoms with E-state index in [1.165, 1.54) is 0 Å². The van der Waals surface area contributed by atoms with Crippen molar-refractivity contribution in [3.63, 3.8) is 0 Å². The maximum absolute atomic E-state index is 10.5. The third kappa shape index (κ3) is 1.06. The first-order valence-electron chi connectivity index (χ1n) is 3.56. The molecule has 0 amide bonds. The number of carboxylic acids is 1. The minimum absolute atomic E-state index is 0.478. The Morgan fingerprint density at radius 2 is 2.30 bits per heavy atom. The summed E-state index contributed by atoms with van der Waals surface area (Å²) in [5.41, 5.74) is 1.69. The number of hydrogen-bond acceptors (Lipinski definition) is 1. The summed E-state index contributed by atoms with van der Waals surface area (Å²) in [6.07, 6.45) is 1.76. The minimum atomic E-state index is -0.734. The van der Waals surface area contributed by atoms with Crippen LogP contribution in [-0.2, 0) is 4.79 Å². The Balaban J connectivity index is 2.85. The largest absolute Gasteiger partial charge is 0.478 e. The van der Waals surface area contributed by atoms with Crippen LogP contribution in [0.1, 0.15) is 26.7 Å². The van der Waals surface area contributed by atoms with Crippen LogP contribution in [0.2, 0.25) is 0 Å². The van der Waals surface area contributed by atoms with Crippen molar-refractivity contribution >= 4 is 5.97 Å². The van der Waals surface area contributed by atoms with E-state index in [1.54, 1.807) is 0 Å². The van der Waals surface area contributed by atoms with Gasteiger partial charge in [0.15, 0.2) is 0 Å². The maximum Gasteiger partial charge on any atom is 0.331 e. The Bertz CT molecular complexity index is 191. The second-order valence-corrected chi connectivity index (χ2v) is 2.91. The van der Waals surface area contributed by atoms with Gasteiger partial charge in [-0.2, -0.15) is 0 Å². The summed E-state index contributed by atoms with van der Waals surface area (Å²) in [6, 6.07) is 0. The molecular formula is C8H12O2. The van der Waals surface area contributed by atoms with Gasteiger partial charge in [-0.25, -0.2) is 4.79 Å². The Morgan fingerprint density at radius 1 is 1.70 bits per heavy atom. The molecule has 0 saturated carbocycles. The fourth-order valence-electron chi connectivity index (χ4n) is 1.35. The van der Waals surface area contributed by atoms with E-state index in [-0.39, 0.29) is 0 Å². The zero-order valence-corrected chi connectivity index (χ0v) is 6.35. The van der Waals surface area contributed by atoms with Gasteiger partial charge in [0.1, 0.15) is 0 Å². The van der Waals surface area contributed by atoms with Crippen LogP contribution in [0.15, 0.2) is 11.1 Å². The van der Waals surface area contributed by atoms with E-state index in [4.69, 9.17) is 5.11 Å². The van der Waals surface area contributed by atoms with Crippen LogP contribution < -0.4 is 0 Å². The lowest BCUT2D eigenvalue weighted by Crippen LogP contribution is -1.99. The molecule has 10 heavy (non-hydrogen) atoms. The Hall–Kier alpha value is -0.790. The van der Waals surface area contributed by atoms with Crippen LogP contribution >= 0.6 is 0 Å². The highest BCUT2D eigenvalue weighted by Crippen LogP contribution is 2.30. The summed E-state index contributed by atoms with van der Waals surface area (Å²) < 4.78 is 0. The van der Waals surface area contributed by atoms with Crippen molar-refractivity contribution in [1.82, 2.24) is 0 Å². The molecule has 1 aliphatic rings. The van der Waals surface area contributed by atoms with E-state index in [0.29, 0.717) is 11.5 Å². The first kappa shape index (κ1) is 7.32. The van der Waals surface area contributed by atoms with Crippen molar-refractivity contribution in [2.75, 3.05) is 0 Å². The standard InChI is InChI=1S/C8H12O2/c1-5-3-4-7(6(5)2)8(9)10/h5H,3-4H2,1-2H3,(H,9,10). The van der Waals surface area contributed by atoms with Gasteiger partial charge in [-0.1, -0.05) is 12.5 Å². The lowest BCUT2D eigenvalue weighted by atomic mass is 10.1. The Morgan fingerprint density at radius 3 is 2.50 bits per heavy atom. The molecule has 1 aliphatic carbocycles. The molecule has 0 aromatic carbocycles. The fourth-order valence-corrected chi connectivity index (χ4v) is 1.35. The molecule has 1 atom stereocenters. The lowest BCUT2D eigenvalue weighted by Gasteiger charge is -2.00. The highest BCUT2D eigenvalue weighted by atomic mass is 16.4. The van der Waals surface area contributed by atoms with E-state index >= 15 is 0 Å². The van der Waals surface area contributed by atoms with Crippen molar-refractivity contribution in [2.24, 2.45) is 5.92 Å². The fraction of sp³-hybridized carbons (Fsp3) is 0.625. The average Bonchev–Trinajstić information content (AvgIpc) is 2.14. The number of carbonyl (C=O) groups is 1. The van der Waals surface area contributed by atoms with Crippen LogP contribution in [0, 0.1) is 5.92 Å². The van der Waals surface area contributed by atoms with E-state index < -0.39 is 5.97 Å². The molecule has 56 valence electrons. The molecule has 0 saturated heterocycles. The number of aliphatic carboxylic acids is 1. The van der Waals surface area contributed by atoms with Gasteiger partial charge in [0.25, 0.3) is 0 Å². The normalized spacial score (nSPS) is 25.6. The van der Waals surface area contributed by atoms with Gasteiger partial charge in [-0.05, 0) is 25.7 Å². The molecule has 0 radical (unpaired) electrons. The number of carboxylic acid groups (broad SMARTS) is 1. The smallest absolute Gasteiger partial charge is 0.331 e. The van der Waals surface area contributed by atoms with Crippen LogP contribution in [0.25, 0.3) is 0 Å². The second-order valence-electron chi connectivity index (χ2n) is 2.91. The monoisotopic (exact) mass is 140 g/mol. The van der Waals surface area contributed by atoms with Crippen LogP contribution in [-0.4, -0.2) is 11.1 Å². The average molecular weight is 140 g/mol. The molecular weight excluding hydrogens is 128 g/mol. The van der Waals surface area contributed by atoms with Crippen molar-refractivity contribution in [1.29, 1.82) is 0 Å². The maximum atomic E-state index is 10.5. The van der Waals surface area contributed by atoms with E-state index in [0.717, 1.165) is 18.4 Å². The summed E-state index contributed by atoms with van der Waals surface area (Å²) in [5.74, 6) is -0.257. The van der Waals surface area contributed by atoms with Crippen LogP contribution in [0.3, 0.4) is 0 Å². The first-order valence-corrected chi connectivity index (χ1v) is 3.56. The van der Waals surface area contributed by atoms with Crippen molar-refractivity contribution < 1.29 is 9.90 Å². The highest BCUT2D eigenvalue weighted by Gasteiger charge is 2.22. The predicted molar refractivity (Wildman–Crippen MR) is 38.7 cm³/mol.